The van der Waals surface area contributed by atoms with Crippen molar-refractivity contribution in [3.63, 3.8) is 0 Å². The van der Waals surface area contributed by atoms with Gasteiger partial charge in [0.05, 0.1) is 11.3 Å². The SMILES string of the molecule is CC(=O)c1ccc(NC(=O)c2cnc(N(C)C)nc2C)cc1. The molecule has 22 heavy (non-hydrogen) atoms. The van der Waals surface area contributed by atoms with Crippen LogP contribution in [0.3, 0.4) is 0 Å². The van der Waals surface area contributed by atoms with Crippen LogP contribution in [-0.4, -0.2) is 35.8 Å². The first-order valence-electron chi connectivity index (χ1n) is 6.82. The summed E-state index contributed by atoms with van der Waals surface area (Å²) in [7, 11) is 3.68. The number of rotatable bonds is 4. The van der Waals surface area contributed by atoms with Crippen molar-refractivity contribution in [2.75, 3.05) is 24.3 Å². The summed E-state index contributed by atoms with van der Waals surface area (Å²) < 4.78 is 0. The zero-order chi connectivity index (χ0) is 16.3. The monoisotopic (exact) mass is 298 g/mol. The molecule has 2 rings (SSSR count). The fourth-order valence-electron chi connectivity index (χ4n) is 1.88. The highest BCUT2D eigenvalue weighted by Gasteiger charge is 2.13. The van der Waals surface area contributed by atoms with Crippen LogP contribution in [0.1, 0.15) is 33.3 Å². The average molecular weight is 298 g/mol. The number of hydrogen-bond donors (Lipinski definition) is 1. The molecule has 1 amide bonds. The summed E-state index contributed by atoms with van der Waals surface area (Å²) >= 11 is 0. The van der Waals surface area contributed by atoms with Gasteiger partial charge in [-0.15, -0.1) is 0 Å². The summed E-state index contributed by atoms with van der Waals surface area (Å²) in [6, 6.07) is 6.74. The molecule has 6 heteroatoms. The second-order valence-electron chi connectivity index (χ2n) is 5.15. The normalized spacial score (nSPS) is 10.2. The van der Waals surface area contributed by atoms with Gasteiger partial charge in [0.25, 0.3) is 5.91 Å². The fourth-order valence-corrected chi connectivity index (χ4v) is 1.88. The van der Waals surface area contributed by atoms with Gasteiger partial charge in [0.15, 0.2) is 5.78 Å². The van der Waals surface area contributed by atoms with Gasteiger partial charge in [-0.1, -0.05) is 0 Å². The molecule has 1 aromatic heterocycles. The summed E-state index contributed by atoms with van der Waals surface area (Å²) in [6.45, 7) is 3.27. The van der Waals surface area contributed by atoms with Gasteiger partial charge in [-0.3, -0.25) is 9.59 Å². The van der Waals surface area contributed by atoms with Crippen molar-refractivity contribution in [2.45, 2.75) is 13.8 Å². The van der Waals surface area contributed by atoms with Gasteiger partial charge >= 0.3 is 0 Å². The number of aromatic nitrogens is 2. The predicted octanol–water partition coefficient (Wildman–Crippen LogP) is 2.31. The van der Waals surface area contributed by atoms with E-state index >= 15 is 0 Å². The zero-order valence-corrected chi connectivity index (χ0v) is 13.0. The lowest BCUT2D eigenvalue weighted by Gasteiger charge is -2.12. The van der Waals surface area contributed by atoms with Crippen molar-refractivity contribution in [3.8, 4) is 0 Å². The van der Waals surface area contributed by atoms with Crippen LogP contribution in [-0.2, 0) is 0 Å². The summed E-state index contributed by atoms with van der Waals surface area (Å²) in [5, 5.41) is 2.77. The van der Waals surface area contributed by atoms with E-state index in [9.17, 15) is 9.59 Å². The van der Waals surface area contributed by atoms with Crippen LogP contribution >= 0.6 is 0 Å². The standard InChI is InChI=1S/C16H18N4O2/c1-10-14(9-17-16(18-10)20(3)4)15(22)19-13-7-5-12(6-8-13)11(2)21/h5-9H,1-4H3,(H,19,22). The third-order valence-electron chi connectivity index (χ3n) is 3.16. The van der Waals surface area contributed by atoms with Crippen molar-refractivity contribution in [1.29, 1.82) is 0 Å². The number of benzene rings is 1. The van der Waals surface area contributed by atoms with Crippen LogP contribution in [0.2, 0.25) is 0 Å². The lowest BCUT2D eigenvalue weighted by atomic mass is 10.1. The van der Waals surface area contributed by atoms with Crippen LogP contribution in [0, 0.1) is 6.92 Å². The van der Waals surface area contributed by atoms with E-state index in [1.54, 1.807) is 36.1 Å². The lowest BCUT2D eigenvalue weighted by molar-refractivity contribution is 0.101. The number of nitrogens with one attached hydrogen (secondary N) is 1. The number of carbonyl (C=O) groups excluding carboxylic acids is 2. The molecule has 0 aliphatic rings. The van der Waals surface area contributed by atoms with Gasteiger partial charge < -0.3 is 10.2 Å². The smallest absolute Gasteiger partial charge is 0.259 e. The van der Waals surface area contributed by atoms with Crippen molar-refractivity contribution in [3.05, 3.63) is 47.3 Å². The molecular weight excluding hydrogens is 280 g/mol. The molecular formula is C16H18N4O2. The Morgan fingerprint density at radius 1 is 1.14 bits per heavy atom. The maximum atomic E-state index is 12.3. The molecule has 114 valence electrons. The minimum absolute atomic E-state index is 0.0126. The van der Waals surface area contributed by atoms with E-state index < -0.39 is 0 Å². The number of anilines is 2. The molecule has 0 saturated heterocycles. The minimum Gasteiger partial charge on any atom is -0.347 e. The molecule has 0 atom stereocenters. The summed E-state index contributed by atoms with van der Waals surface area (Å²) in [6.07, 6.45) is 1.51. The van der Waals surface area contributed by atoms with Crippen LogP contribution in [0.4, 0.5) is 11.6 Å². The van der Waals surface area contributed by atoms with Crippen molar-refractivity contribution in [1.82, 2.24) is 9.97 Å². The molecule has 1 aromatic carbocycles. The summed E-state index contributed by atoms with van der Waals surface area (Å²) in [5.74, 6) is 0.264. The topological polar surface area (TPSA) is 75.2 Å². The Kier molecular flexibility index (Phi) is 4.50. The molecule has 0 fully saturated rings. The lowest BCUT2D eigenvalue weighted by Crippen LogP contribution is -2.18. The highest BCUT2D eigenvalue weighted by atomic mass is 16.1. The molecule has 2 aromatic rings. The highest BCUT2D eigenvalue weighted by molar-refractivity contribution is 6.05. The zero-order valence-electron chi connectivity index (χ0n) is 13.0. The highest BCUT2D eigenvalue weighted by Crippen LogP contribution is 2.14. The Bertz CT molecular complexity index is 709. The molecule has 0 aliphatic carbocycles. The number of ketones is 1. The quantitative estimate of drug-likeness (QED) is 0.877. The maximum absolute atomic E-state index is 12.3. The second kappa shape index (κ2) is 6.34. The largest absolute Gasteiger partial charge is 0.347 e. The van der Waals surface area contributed by atoms with Gasteiger partial charge in [-0.2, -0.15) is 0 Å². The van der Waals surface area contributed by atoms with E-state index in [2.05, 4.69) is 15.3 Å². The summed E-state index contributed by atoms with van der Waals surface area (Å²) in [4.78, 5) is 33.7. The molecule has 0 saturated carbocycles. The Labute approximate surface area is 129 Å². The van der Waals surface area contributed by atoms with E-state index in [0.717, 1.165) is 0 Å². The van der Waals surface area contributed by atoms with Crippen LogP contribution in [0.25, 0.3) is 0 Å². The number of amides is 1. The van der Waals surface area contributed by atoms with Gasteiger partial charge in [0.1, 0.15) is 0 Å². The number of nitrogens with zero attached hydrogens (tertiary/aromatic N) is 3. The molecule has 0 aliphatic heterocycles. The number of Topliss-reactive ketones (excluding diaryl/α,β-unsaturated/α-hetero) is 1. The van der Waals surface area contributed by atoms with Crippen molar-refractivity contribution >= 4 is 23.3 Å². The molecule has 6 nitrogen and oxygen atoms in total. The van der Waals surface area contributed by atoms with Crippen molar-refractivity contribution in [2.24, 2.45) is 0 Å². The molecule has 0 radical (unpaired) electrons. The molecule has 0 unspecified atom stereocenters. The summed E-state index contributed by atoms with van der Waals surface area (Å²) in [5.41, 5.74) is 2.25. The molecule has 0 bridgehead atoms. The van der Waals surface area contributed by atoms with E-state index in [-0.39, 0.29) is 11.7 Å². The third kappa shape index (κ3) is 3.46. The Morgan fingerprint density at radius 3 is 2.27 bits per heavy atom. The first-order valence-corrected chi connectivity index (χ1v) is 6.82. The number of carbonyl (C=O) groups is 2. The van der Waals surface area contributed by atoms with Gasteiger partial charge in [0.2, 0.25) is 5.95 Å². The molecule has 1 heterocycles. The first kappa shape index (κ1) is 15.6. The first-order chi connectivity index (χ1) is 10.4. The van der Waals surface area contributed by atoms with Gasteiger partial charge in [-0.25, -0.2) is 9.97 Å². The Balaban J connectivity index is 2.17. The van der Waals surface area contributed by atoms with Gasteiger partial charge in [-0.05, 0) is 38.1 Å². The fraction of sp³-hybridized carbons (Fsp3) is 0.250. The average Bonchev–Trinajstić information content (AvgIpc) is 2.47. The van der Waals surface area contributed by atoms with E-state index in [1.165, 1.54) is 13.1 Å². The van der Waals surface area contributed by atoms with Crippen LogP contribution in [0.15, 0.2) is 30.5 Å². The van der Waals surface area contributed by atoms with E-state index in [0.29, 0.717) is 28.5 Å². The maximum Gasteiger partial charge on any atom is 0.259 e. The number of hydrogen-bond acceptors (Lipinski definition) is 5. The second-order valence-corrected chi connectivity index (χ2v) is 5.15. The predicted molar refractivity (Wildman–Crippen MR) is 85.5 cm³/mol. The van der Waals surface area contributed by atoms with E-state index in [4.69, 9.17) is 0 Å². The van der Waals surface area contributed by atoms with Crippen molar-refractivity contribution < 1.29 is 9.59 Å². The Hall–Kier alpha value is -2.76. The minimum atomic E-state index is -0.279. The van der Waals surface area contributed by atoms with Crippen LogP contribution in [0.5, 0.6) is 0 Å². The molecule has 1 N–H and O–H groups in total. The third-order valence-corrected chi connectivity index (χ3v) is 3.16. The molecule has 0 spiro atoms. The van der Waals surface area contributed by atoms with Gasteiger partial charge in [0, 0.05) is 31.5 Å². The van der Waals surface area contributed by atoms with Crippen LogP contribution < -0.4 is 10.2 Å². The Morgan fingerprint density at radius 2 is 1.77 bits per heavy atom. The van der Waals surface area contributed by atoms with E-state index in [1.807, 2.05) is 14.1 Å². The number of aryl methyl sites for hydroxylation is 1.